The summed E-state index contributed by atoms with van der Waals surface area (Å²) in [6, 6.07) is 16.0. The van der Waals surface area contributed by atoms with Crippen molar-refractivity contribution in [2.75, 3.05) is 13.1 Å². The topological polar surface area (TPSA) is 63.7 Å². The minimum atomic E-state index is -3.46. The molecule has 28 heavy (non-hydrogen) atoms. The molecule has 6 heteroatoms. The average molecular weight is 400 g/mol. The Bertz CT molecular complexity index is 897. The molecule has 1 aliphatic rings. The molecule has 1 saturated heterocycles. The minimum Gasteiger partial charge on any atom is -0.458 e. The number of ether oxygens (including phenoxy) is 1. The van der Waals surface area contributed by atoms with E-state index in [4.69, 9.17) is 4.74 Å². The second-order valence-corrected chi connectivity index (χ2v) is 8.75. The molecule has 0 N–H and O–H groups in total. The number of nitrogens with zero attached hydrogens (tertiary/aromatic N) is 1. The van der Waals surface area contributed by atoms with E-state index in [2.05, 4.69) is 0 Å². The molecule has 1 heterocycles. The highest BCUT2D eigenvalue weighted by atomic mass is 32.2. The molecule has 3 rings (SSSR count). The van der Waals surface area contributed by atoms with Crippen LogP contribution in [0.15, 0.2) is 65.6 Å². The van der Waals surface area contributed by atoms with E-state index in [0.29, 0.717) is 18.0 Å². The predicted octanol–water partition coefficient (Wildman–Crippen LogP) is 4.01. The van der Waals surface area contributed by atoms with Gasteiger partial charge in [-0.3, -0.25) is 0 Å². The van der Waals surface area contributed by atoms with E-state index < -0.39 is 16.0 Å². The predicted molar refractivity (Wildman–Crippen MR) is 109 cm³/mol. The van der Waals surface area contributed by atoms with E-state index in [1.165, 1.54) is 6.08 Å². The summed E-state index contributed by atoms with van der Waals surface area (Å²) in [5.41, 5.74) is 1.67. The maximum absolute atomic E-state index is 12.8. The molecule has 0 bridgehead atoms. The largest absolute Gasteiger partial charge is 0.458 e. The fourth-order valence-corrected chi connectivity index (χ4v) is 4.64. The summed E-state index contributed by atoms with van der Waals surface area (Å²) >= 11 is 0. The van der Waals surface area contributed by atoms with Crippen LogP contribution in [0.25, 0.3) is 6.08 Å². The normalized spacial score (nSPS) is 16.0. The van der Waals surface area contributed by atoms with Crippen LogP contribution in [0.3, 0.4) is 0 Å². The Morgan fingerprint density at radius 2 is 1.57 bits per heavy atom. The smallest absolute Gasteiger partial charge is 0.331 e. The number of carbonyl (C=O) groups is 1. The molecule has 0 atom stereocenters. The molecule has 1 aliphatic heterocycles. The number of rotatable bonds is 6. The Hall–Kier alpha value is -2.44. The first-order valence-electron chi connectivity index (χ1n) is 9.55. The van der Waals surface area contributed by atoms with Crippen molar-refractivity contribution in [2.24, 2.45) is 0 Å². The monoisotopic (exact) mass is 399 g/mol. The first-order chi connectivity index (χ1) is 13.6. The van der Waals surface area contributed by atoms with Crippen molar-refractivity contribution in [1.29, 1.82) is 0 Å². The van der Waals surface area contributed by atoms with Gasteiger partial charge < -0.3 is 4.74 Å². The van der Waals surface area contributed by atoms with Gasteiger partial charge in [0.05, 0.1) is 4.90 Å². The molecule has 0 spiro atoms. The summed E-state index contributed by atoms with van der Waals surface area (Å²) in [5.74, 6) is -0.440. The maximum Gasteiger partial charge on any atom is 0.331 e. The van der Waals surface area contributed by atoms with E-state index in [9.17, 15) is 13.2 Å². The zero-order chi connectivity index (χ0) is 19.8. The number of hydrogen-bond acceptors (Lipinski definition) is 4. The minimum absolute atomic E-state index is 0.219. The van der Waals surface area contributed by atoms with Gasteiger partial charge in [-0.2, -0.15) is 4.31 Å². The summed E-state index contributed by atoms with van der Waals surface area (Å²) in [4.78, 5) is 12.1. The van der Waals surface area contributed by atoms with Gasteiger partial charge in [-0.05, 0) is 42.2 Å². The Kier molecular flexibility index (Phi) is 7.01. The van der Waals surface area contributed by atoms with Crippen molar-refractivity contribution in [3.63, 3.8) is 0 Å². The summed E-state index contributed by atoms with van der Waals surface area (Å²) in [5, 5.41) is 0. The van der Waals surface area contributed by atoms with Crippen LogP contribution < -0.4 is 0 Å². The van der Waals surface area contributed by atoms with Crippen molar-refractivity contribution in [1.82, 2.24) is 4.31 Å². The van der Waals surface area contributed by atoms with E-state index >= 15 is 0 Å². The molecule has 1 fully saturated rings. The third kappa shape index (κ3) is 5.53. The fourth-order valence-electron chi connectivity index (χ4n) is 3.12. The SMILES string of the molecule is O=C(/C=C/c1ccc(S(=O)(=O)N2CCCCCC2)cc1)OCc1ccccc1. The van der Waals surface area contributed by atoms with Crippen LogP contribution in [0.5, 0.6) is 0 Å². The number of hydrogen-bond donors (Lipinski definition) is 0. The Balaban J connectivity index is 1.59. The van der Waals surface area contributed by atoms with Crippen molar-refractivity contribution < 1.29 is 17.9 Å². The molecule has 0 radical (unpaired) electrons. The lowest BCUT2D eigenvalue weighted by Gasteiger charge is -2.19. The molecule has 148 valence electrons. The molecule has 0 saturated carbocycles. The molecule has 0 aliphatic carbocycles. The Labute approximate surface area is 166 Å². The Morgan fingerprint density at radius 1 is 0.929 bits per heavy atom. The van der Waals surface area contributed by atoms with Crippen molar-refractivity contribution in [3.8, 4) is 0 Å². The zero-order valence-electron chi connectivity index (χ0n) is 15.8. The van der Waals surface area contributed by atoms with E-state index in [0.717, 1.165) is 36.8 Å². The van der Waals surface area contributed by atoms with E-state index in [-0.39, 0.29) is 6.61 Å². The first kappa shape index (κ1) is 20.3. The highest BCUT2D eigenvalue weighted by molar-refractivity contribution is 7.89. The molecule has 0 aromatic heterocycles. The van der Waals surface area contributed by atoms with Crippen LogP contribution in [0.1, 0.15) is 36.8 Å². The number of sulfonamides is 1. The van der Waals surface area contributed by atoms with Gasteiger partial charge in [0, 0.05) is 19.2 Å². The van der Waals surface area contributed by atoms with Gasteiger partial charge in [0.1, 0.15) is 6.61 Å². The lowest BCUT2D eigenvalue weighted by molar-refractivity contribution is -0.138. The van der Waals surface area contributed by atoms with Gasteiger partial charge >= 0.3 is 5.97 Å². The van der Waals surface area contributed by atoms with E-state index in [1.54, 1.807) is 34.6 Å². The van der Waals surface area contributed by atoms with Gasteiger partial charge in [0.2, 0.25) is 10.0 Å². The highest BCUT2D eigenvalue weighted by Crippen LogP contribution is 2.21. The molecular weight excluding hydrogens is 374 g/mol. The summed E-state index contributed by atoms with van der Waals surface area (Å²) in [7, 11) is -3.46. The Morgan fingerprint density at radius 3 is 2.21 bits per heavy atom. The molecule has 2 aromatic rings. The van der Waals surface area contributed by atoms with Crippen LogP contribution in [-0.2, 0) is 26.2 Å². The summed E-state index contributed by atoms with van der Waals surface area (Å²) in [6.07, 6.45) is 6.94. The standard InChI is InChI=1S/C22H25NO4S/c24-22(27-18-20-8-4-3-5-9-20)15-12-19-10-13-21(14-11-19)28(25,26)23-16-6-1-2-7-17-23/h3-5,8-15H,1-2,6-7,16-18H2/b15-12+. The quantitative estimate of drug-likeness (QED) is 0.544. The molecular formula is C22H25NO4S. The van der Waals surface area contributed by atoms with Crippen LogP contribution in [0, 0.1) is 0 Å². The van der Waals surface area contributed by atoms with Crippen molar-refractivity contribution >= 4 is 22.1 Å². The van der Waals surface area contributed by atoms with Gasteiger partial charge in [0.25, 0.3) is 0 Å². The number of esters is 1. The molecule has 0 unspecified atom stereocenters. The van der Waals surface area contributed by atoms with Crippen LogP contribution >= 0.6 is 0 Å². The molecule has 0 amide bonds. The summed E-state index contributed by atoms with van der Waals surface area (Å²) < 4.78 is 32.3. The van der Waals surface area contributed by atoms with Crippen LogP contribution in [0.4, 0.5) is 0 Å². The van der Waals surface area contributed by atoms with Gasteiger partial charge in [-0.15, -0.1) is 0 Å². The zero-order valence-corrected chi connectivity index (χ0v) is 16.6. The highest BCUT2D eigenvalue weighted by Gasteiger charge is 2.24. The fraction of sp³-hybridized carbons (Fsp3) is 0.318. The van der Waals surface area contributed by atoms with Crippen LogP contribution in [-0.4, -0.2) is 31.8 Å². The van der Waals surface area contributed by atoms with Gasteiger partial charge in [-0.1, -0.05) is 55.3 Å². The van der Waals surface area contributed by atoms with Crippen molar-refractivity contribution in [3.05, 3.63) is 71.8 Å². The third-order valence-electron chi connectivity index (χ3n) is 4.72. The summed E-state index contributed by atoms with van der Waals surface area (Å²) in [6.45, 7) is 1.38. The van der Waals surface area contributed by atoms with Crippen LogP contribution in [0.2, 0.25) is 0 Å². The third-order valence-corrected chi connectivity index (χ3v) is 6.63. The lowest BCUT2D eigenvalue weighted by atomic mass is 10.2. The molecule has 2 aromatic carbocycles. The lowest BCUT2D eigenvalue weighted by Crippen LogP contribution is -2.31. The maximum atomic E-state index is 12.8. The van der Waals surface area contributed by atoms with Crippen molar-refractivity contribution in [2.45, 2.75) is 37.2 Å². The average Bonchev–Trinajstić information content (AvgIpc) is 3.02. The first-order valence-corrected chi connectivity index (χ1v) is 11.0. The molecule has 5 nitrogen and oxygen atoms in total. The van der Waals surface area contributed by atoms with Gasteiger partial charge in [-0.25, -0.2) is 13.2 Å². The van der Waals surface area contributed by atoms with E-state index in [1.807, 2.05) is 30.3 Å². The second-order valence-electron chi connectivity index (χ2n) is 6.81. The van der Waals surface area contributed by atoms with Gasteiger partial charge in [0.15, 0.2) is 0 Å². The number of benzene rings is 2. The second kappa shape index (κ2) is 9.66. The number of carbonyl (C=O) groups excluding carboxylic acids is 1.